The SMILES string of the molecule is CC(=O)OC/C=C(/C)C1C=C(C)CCO1. The Morgan fingerprint density at radius 2 is 2.40 bits per heavy atom. The molecule has 1 aliphatic rings. The maximum Gasteiger partial charge on any atom is 0.302 e. The van der Waals surface area contributed by atoms with Crippen LogP contribution in [-0.4, -0.2) is 25.3 Å². The van der Waals surface area contributed by atoms with E-state index >= 15 is 0 Å². The second kappa shape index (κ2) is 5.71. The zero-order valence-corrected chi connectivity index (χ0v) is 9.58. The van der Waals surface area contributed by atoms with Crippen LogP contribution in [0.5, 0.6) is 0 Å². The Balaban J connectivity index is 2.48. The third kappa shape index (κ3) is 4.30. The van der Waals surface area contributed by atoms with Crippen LogP contribution < -0.4 is 0 Å². The summed E-state index contributed by atoms with van der Waals surface area (Å²) in [5, 5.41) is 0. The number of hydrogen-bond donors (Lipinski definition) is 0. The molecule has 1 rings (SSSR count). The molecule has 84 valence electrons. The van der Waals surface area contributed by atoms with Gasteiger partial charge in [0.15, 0.2) is 0 Å². The van der Waals surface area contributed by atoms with Crippen molar-refractivity contribution in [3.63, 3.8) is 0 Å². The van der Waals surface area contributed by atoms with Gasteiger partial charge in [-0.05, 0) is 31.9 Å². The first-order chi connectivity index (χ1) is 7.09. The van der Waals surface area contributed by atoms with Gasteiger partial charge in [0.25, 0.3) is 0 Å². The van der Waals surface area contributed by atoms with Crippen LogP contribution in [0, 0.1) is 0 Å². The van der Waals surface area contributed by atoms with Crippen molar-refractivity contribution >= 4 is 5.97 Å². The standard InChI is InChI=1S/C12H18O3/c1-9-4-6-15-12(8-9)10(2)5-7-14-11(3)13/h5,8,12H,4,6-7H2,1-3H3/b10-5-. The Kier molecular flexibility index (Phi) is 4.56. The number of ether oxygens (including phenoxy) is 2. The maximum atomic E-state index is 10.6. The Labute approximate surface area is 90.8 Å². The molecule has 1 atom stereocenters. The molecule has 0 amide bonds. The first-order valence-electron chi connectivity index (χ1n) is 5.18. The van der Waals surface area contributed by atoms with Gasteiger partial charge in [0.1, 0.15) is 6.61 Å². The summed E-state index contributed by atoms with van der Waals surface area (Å²) in [6, 6.07) is 0. The molecule has 0 radical (unpaired) electrons. The summed E-state index contributed by atoms with van der Waals surface area (Å²) in [5.41, 5.74) is 2.45. The molecule has 0 aromatic heterocycles. The minimum Gasteiger partial charge on any atom is -0.462 e. The zero-order chi connectivity index (χ0) is 11.3. The molecule has 0 bridgehead atoms. The van der Waals surface area contributed by atoms with Gasteiger partial charge in [-0.1, -0.05) is 11.6 Å². The first kappa shape index (κ1) is 12.0. The summed E-state index contributed by atoms with van der Waals surface area (Å²) >= 11 is 0. The summed E-state index contributed by atoms with van der Waals surface area (Å²) in [6.45, 7) is 6.60. The lowest BCUT2D eigenvalue weighted by molar-refractivity contribution is -0.139. The number of esters is 1. The van der Waals surface area contributed by atoms with E-state index in [-0.39, 0.29) is 12.1 Å². The topological polar surface area (TPSA) is 35.5 Å². The van der Waals surface area contributed by atoms with Gasteiger partial charge < -0.3 is 9.47 Å². The molecule has 15 heavy (non-hydrogen) atoms. The first-order valence-corrected chi connectivity index (χ1v) is 5.18. The van der Waals surface area contributed by atoms with Gasteiger partial charge in [-0.3, -0.25) is 4.79 Å². The quantitative estimate of drug-likeness (QED) is 0.529. The van der Waals surface area contributed by atoms with Gasteiger partial charge in [0, 0.05) is 6.92 Å². The minimum atomic E-state index is -0.254. The smallest absolute Gasteiger partial charge is 0.302 e. The zero-order valence-electron chi connectivity index (χ0n) is 9.58. The van der Waals surface area contributed by atoms with Crippen LogP contribution in [0.3, 0.4) is 0 Å². The summed E-state index contributed by atoms with van der Waals surface area (Å²) < 4.78 is 10.4. The lowest BCUT2D eigenvalue weighted by atomic mass is 10.0. The summed E-state index contributed by atoms with van der Waals surface area (Å²) in [7, 11) is 0. The molecule has 0 aromatic carbocycles. The second-order valence-corrected chi connectivity index (χ2v) is 3.81. The van der Waals surface area contributed by atoms with Crippen molar-refractivity contribution in [1.29, 1.82) is 0 Å². The lowest BCUT2D eigenvalue weighted by Crippen LogP contribution is -2.18. The Morgan fingerprint density at radius 1 is 1.67 bits per heavy atom. The molecule has 0 saturated heterocycles. The van der Waals surface area contributed by atoms with Gasteiger partial charge in [0.2, 0.25) is 0 Å². The highest BCUT2D eigenvalue weighted by Gasteiger charge is 2.12. The molecule has 1 unspecified atom stereocenters. The van der Waals surface area contributed by atoms with Gasteiger partial charge in [-0.2, -0.15) is 0 Å². The van der Waals surface area contributed by atoms with Crippen LogP contribution in [-0.2, 0) is 14.3 Å². The predicted molar refractivity (Wildman–Crippen MR) is 58.5 cm³/mol. The Morgan fingerprint density at radius 3 is 3.00 bits per heavy atom. The van der Waals surface area contributed by atoms with Crippen molar-refractivity contribution in [2.45, 2.75) is 33.3 Å². The van der Waals surface area contributed by atoms with E-state index in [1.54, 1.807) is 0 Å². The summed E-state index contributed by atoms with van der Waals surface area (Å²) in [6.07, 6.45) is 5.06. The number of carbonyl (C=O) groups is 1. The van der Waals surface area contributed by atoms with E-state index in [4.69, 9.17) is 9.47 Å². The Hall–Kier alpha value is -1.09. The fraction of sp³-hybridized carbons (Fsp3) is 0.583. The van der Waals surface area contributed by atoms with E-state index < -0.39 is 0 Å². The van der Waals surface area contributed by atoms with E-state index in [2.05, 4.69) is 13.0 Å². The fourth-order valence-electron chi connectivity index (χ4n) is 1.41. The molecule has 0 spiro atoms. The van der Waals surface area contributed by atoms with Gasteiger partial charge in [-0.15, -0.1) is 0 Å². The monoisotopic (exact) mass is 210 g/mol. The third-order valence-corrected chi connectivity index (χ3v) is 2.37. The lowest BCUT2D eigenvalue weighted by Gasteiger charge is -2.21. The van der Waals surface area contributed by atoms with Crippen LogP contribution in [0.1, 0.15) is 27.2 Å². The predicted octanol–water partition coefficient (Wildman–Crippen LogP) is 2.23. The maximum absolute atomic E-state index is 10.6. The summed E-state index contributed by atoms with van der Waals surface area (Å²) in [5.74, 6) is -0.254. The molecular weight excluding hydrogens is 192 g/mol. The van der Waals surface area contributed by atoms with Crippen molar-refractivity contribution in [2.24, 2.45) is 0 Å². The normalized spacial score (nSPS) is 22.2. The molecular formula is C12H18O3. The average molecular weight is 210 g/mol. The van der Waals surface area contributed by atoms with E-state index in [0.717, 1.165) is 18.6 Å². The molecule has 3 heteroatoms. The van der Waals surface area contributed by atoms with Crippen LogP contribution in [0.2, 0.25) is 0 Å². The van der Waals surface area contributed by atoms with Crippen molar-refractivity contribution in [2.75, 3.05) is 13.2 Å². The average Bonchev–Trinajstić information content (AvgIpc) is 2.17. The van der Waals surface area contributed by atoms with Gasteiger partial charge in [-0.25, -0.2) is 0 Å². The molecule has 1 aliphatic heterocycles. The van der Waals surface area contributed by atoms with Crippen LogP contribution in [0.15, 0.2) is 23.3 Å². The highest BCUT2D eigenvalue weighted by atomic mass is 16.5. The summed E-state index contributed by atoms with van der Waals surface area (Å²) in [4.78, 5) is 10.6. The molecule has 0 aliphatic carbocycles. The number of rotatable bonds is 3. The Bertz CT molecular complexity index is 289. The largest absolute Gasteiger partial charge is 0.462 e. The van der Waals surface area contributed by atoms with Crippen molar-refractivity contribution in [1.82, 2.24) is 0 Å². The van der Waals surface area contributed by atoms with Gasteiger partial charge in [0.05, 0.1) is 12.7 Å². The van der Waals surface area contributed by atoms with E-state index in [1.165, 1.54) is 12.5 Å². The molecule has 0 N–H and O–H groups in total. The van der Waals surface area contributed by atoms with E-state index in [0.29, 0.717) is 6.61 Å². The van der Waals surface area contributed by atoms with E-state index in [9.17, 15) is 4.79 Å². The minimum absolute atomic E-state index is 0.0503. The number of carbonyl (C=O) groups excluding carboxylic acids is 1. The molecule has 0 saturated carbocycles. The van der Waals surface area contributed by atoms with Crippen LogP contribution in [0.4, 0.5) is 0 Å². The second-order valence-electron chi connectivity index (χ2n) is 3.81. The molecule has 1 heterocycles. The molecule has 3 nitrogen and oxygen atoms in total. The van der Waals surface area contributed by atoms with Crippen molar-refractivity contribution in [3.05, 3.63) is 23.3 Å². The van der Waals surface area contributed by atoms with Crippen LogP contribution in [0.25, 0.3) is 0 Å². The fourth-order valence-corrected chi connectivity index (χ4v) is 1.41. The highest BCUT2D eigenvalue weighted by molar-refractivity contribution is 5.66. The number of hydrogen-bond acceptors (Lipinski definition) is 3. The van der Waals surface area contributed by atoms with E-state index in [1.807, 2.05) is 13.0 Å². The highest BCUT2D eigenvalue weighted by Crippen LogP contribution is 2.17. The van der Waals surface area contributed by atoms with Crippen LogP contribution >= 0.6 is 0 Å². The van der Waals surface area contributed by atoms with Gasteiger partial charge >= 0.3 is 5.97 Å². The van der Waals surface area contributed by atoms with Crippen molar-refractivity contribution < 1.29 is 14.3 Å². The third-order valence-electron chi connectivity index (χ3n) is 2.37. The van der Waals surface area contributed by atoms with Crippen molar-refractivity contribution in [3.8, 4) is 0 Å². The molecule has 0 aromatic rings. The molecule has 0 fully saturated rings.